The highest BCUT2D eigenvalue weighted by Gasteiger charge is 2.14. The quantitative estimate of drug-likeness (QED) is 0.569. The molecule has 0 saturated carbocycles. The van der Waals surface area contributed by atoms with Gasteiger partial charge in [-0.25, -0.2) is 4.79 Å². The Morgan fingerprint density at radius 3 is 2.29 bits per heavy atom. The van der Waals surface area contributed by atoms with Crippen molar-refractivity contribution in [3.63, 3.8) is 0 Å². The highest BCUT2D eigenvalue weighted by atomic mass is 16.5. The van der Waals surface area contributed by atoms with Gasteiger partial charge in [-0.05, 0) is 51.4 Å². The number of nitrogens with zero attached hydrogens (tertiary/aromatic N) is 2. The fourth-order valence-electron chi connectivity index (χ4n) is 1.77. The maximum atomic E-state index is 11.9. The van der Waals surface area contributed by atoms with E-state index in [9.17, 15) is 9.59 Å². The summed E-state index contributed by atoms with van der Waals surface area (Å²) in [6.07, 6.45) is 1.29. The normalized spacial score (nSPS) is 10.3. The molecule has 114 valence electrons. The van der Waals surface area contributed by atoms with Crippen molar-refractivity contribution >= 4 is 17.6 Å². The van der Waals surface area contributed by atoms with E-state index in [1.165, 1.54) is 6.08 Å². The van der Waals surface area contributed by atoms with Crippen LogP contribution in [0.15, 0.2) is 36.9 Å². The fraction of sp³-hybridized carbons (Fsp3) is 0.375. The van der Waals surface area contributed by atoms with Crippen LogP contribution in [0.2, 0.25) is 0 Å². The van der Waals surface area contributed by atoms with E-state index in [0.29, 0.717) is 18.7 Å². The molecule has 0 aliphatic heterocycles. The molecule has 0 N–H and O–H groups in total. The predicted molar refractivity (Wildman–Crippen MR) is 83.5 cm³/mol. The predicted octanol–water partition coefficient (Wildman–Crippen LogP) is 1.94. The molecule has 1 aromatic carbocycles. The number of hydrogen-bond donors (Lipinski definition) is 0. The molecule has 0 unspecified atom stereocenters. The minimum absolute atomic E-state index is 0.166. The first-order valence-corrected chi connectivity index (χ1v) is 6.85. The Balaban J connectivity index is 2.90. The smallest absolute Gasteiger partial charge is 0.338 e. The van der Waals surface area contributed by atoms with Crippen LogP contribution >= 0.6 is 0 Å². The van der Waals surface area contributed by atoms with Gasteiger partial charge < -0.3 is 14.5 Å². The number of rotatable bonds is 7. The fourth-order valence-corrected chi connectivity index (χ4v) is 1.77. The number of esters is 1. The second-order valence-electron chi connectivity index (χ2n) is 4.76. The second kappa shape index (κ2) is 8.21. The van der Waals surface area contributed by atoms with Crippen molar-refractivity contribution in [1.82, 2.24) is 4.90 Å². The standard InChI is InChI=1S/C16H22N2O3/c1-5-15(19)18(12-11-17(3)4)14-9-7-13(8-10-14)16(20)21-6-2/h5,7-10H,1,6,11-12H2,2-4H3. The summed E-state index contributed by atoms with van der Waals surface area (Å²) >= 11 is 0. The summed E-state index contributed by atoms with van der Waals surface area (Å²) in [4.78, 5) is 27.2. The van der Waals surface area contributed by atoms with Crippen molar-refractivity contribution in [1.29, 1.82) is 0 Å². The molecule has 0 aromatic heterocycles. The van der Waals surface area contributed by atoms with E-state index < -0.39 is 0 Å². The molecular formula is C16H22N2O3. The summed E-state index contributed by atoms with van der Waals surface area (Å²) in [6, 6.07) is 6.80. The molecule has 1 amide bonds. The maximum Gasteiger partial charge on any atom is 0.338 e. The molecule has 0 aliphatic rings. The van der Waals surface area contributed by atoms with Gasteiger partial charge in [0, 0.05) is 18.8 Å². The van der Waals surface area contributed by atoms with Crippen molar-refractivity contribution < 1.29 is 14.3 Å². The topological polar surface area (TPSA) is 49.9 Å². The highest BCUT2D eigenvalue weighted by Crippen LogP contribution is 2.16. The number of ether oxygens (including phenoxy) is 1. The van der Waals surface area contributed by atoms with E-state index in [2.05, 4.69) is 6.58 Å². The Kier molecular flexibility index (Phi) is 6.62. The molecule has 0 radical (unpaired) electrons. The monoisotopic (exact) mass is 290 g/mol. The average Bonchev–Trinajstić information content (AvgIpc) is 2.47. The van der Waals surface area contributed by atoms with Crippen LogP contribution in [0.25, 0.3) is 0 Å². The Morgan fingerprint density at radius 2 is 1.81 bits per heavy atom. The van der Waals surface area contributed by atoms with Gasteiger partial charge in [-0.15, -0.1) is 0 Å². The lowest BCUT2D eigenvalue weighted by Gasteiger charge is -2.23. The molecule has 0 atom stereocenters. The summed E-state index contributed by atoms with van der Waals surface area (Å²) in [7, 11) is 3.89. The van der Waals surface area contributed by atoms with Gasteiger partial charge in [0.25, 0.3) is 0 Å². The zero-order valence-corrected chi connectivity index (χ0v) is 12.8. The van der Waals surface area contributed by atoms with E-state index in [1.807, 2.05) is 19.0 Å². The van der Waals surface area contributed by atoms with E-state index in [-0.39, 0.29) is 11.9 Å². The number of benzene rings is 1. The van der Waals surface area contributed by atoms with Gasteiger partial charge in [0.2, 0.25) is 5.91 Å². The van der Waals surface area contributed by atoms with Gasteiger partial charge in [-0.2, -0.15) is 0 Å². The number of amides is 1. The lowest BCUT2D eigenvalue weighted by Crippen LogP contribution is -2.35. The molecule has 5 nitrogen and oxygen atoms in total. The van der Waals surface area contributed by atoms with E-state index in [1.54, 1.807) is 36.1 Å². The summed E-state index contributed by atoms with van der Waals surface area (Å²) < 4.78 is 4.93. The summed E-state index contributed by atoms with van der Waals surface area (Å²) in [5.74, 6) is -0.528. The van der Waals surface area contributed by atoms with Crippen molar-refractivity contribution in [3.05, 3.63) is 42.5 Å². The lowest BCUT2D eigenvalue weighted by molar-refractivity contribution is -0.114. The Hall–Kier alpha value is -2.14. The SMILES string of the molecule is C=CC(=O)N(CCN(C)C)c1ccc(C(=O)OCC)cc1. The summed E-state index contributed by atoms with van der Waals surface area (Å²) in [5, 5.41) is 0. The number of hydrogen-bond acceptors (Lipinski definition) is 4. The van der Waals surface area contributed by atoms with Gasteiger partial charge in [0.05, 0.1) is 12.2 Å². The largest absolute Gasteiger partial charge is 0.462 e. The molecule has 0 heterocycles. The lowest BCUT2D eigenvalue weighted by atomic mass is 10.2. The van der Waals surface area contributed by atoms with Gasteiger partial charge in [-0.3, -0.25) is 4.79 Å². The molecule has 0 fully saturated rings. The van der Waals surface area contributed by atoms with Crippen molar-refractivity contribution in [2.45, 2.75) is 6.92 Å². The van der Waals surface area contributed by atoms with E-state index in [4.69, 9.17) is 4.74 Å². The van der Waals surface area contributed by atoms with Crippen LogP contribution < -0.4 is 4.90 Å². The summed E-state index contributed by atoms with van der Waals surface area (Å²) in [6.45, 7) is 6.91. The maximum absolute atomic E-state index is 11.9. The minimum atomic E-state index is -0.362. The van der Waals surface area contributed by atoms with Gasteiger partial charge in [-0.1, -0.05) is 6.58 Å². The third-order valence-corrected chi connectivity index (χ3v) is 2.90. The van der Waals surface area contributed by atoms with Crippen molar-refractivity contribution in [3.8, 4) is 0 Å². The first-order valence-electron chi connectivity index (χ1n) is 6.85. The van der Waals surface area contributed by atoms with Crippen molar-refractivity contribution in [2.75, 3.05) is 38.7 Å². The van der Waals surface area contributed by atoms with Gasteiger partial charge >= 0.3 is 5.97 Å². The number of anilines is 1. The molecule has 0 bridgehead atoms. The molecule has 21 heavy (non-hydrogen) atoms. The molecular weight excluding hydrogens is 268 g/mol. The minimum Gasteiger partial charge on any atom is -0.462 e. The Morgan fingerprint density at radius 1 is 1.19 bits per heavy atom. The molecule has 0 aliphatic carbocycles. The third kappa shape index (κ3) is 5.04. The molecule has 0 saturated heterocycles. The zero-order valence-electron chi connectivity index (χ0n) is 12.8. The molecule has 1 aromatic rings. The third-order valence-electron chi connectivity index (χ3n) is 2.90. The van der Waals surface area contributed by atoms with Crippen LogP contribution in [0.5, 0.6) is 0 Å². The van der Waals surface area contributed by atoms with Crippen LogP contribution in [-0.4, -0.2) is 50.6 Å². The first-order chi connectivity index (χ1) is 9.99. The van der Waals surface area contributed by atoms with E-state index in [0.717, 1.165) is 12.2 Å². The van der Waals surface area contributed by atoms with Gasteiger partial charge in [0.1, 0.15) is 0 Å². The second-order valence-corrected chi connectivity index (χ2v) is 4.76. The van der Waals surface area contributed by atoms with Crippen LogP contribution in [0.4, 0.5) is 5.69 Å². The Bertz CT molecular complexity index is 495. The zero-order chi connectivity index (χ0) is 15.8. The van der Waals surface area contributed by atoms with Crippen LogP contribution in [0.3, 0.4) is 0 Å². The van der Waals surface area contributed by atoms with Crippen molar-refractivity contribution in [2.24, 2.45) is 0 Å². The van der Waals surface area contributed by atoms with Crippen LogP contribution in [0.1, 0.15) is 17.3 Å². The van der Waals surface area contributed by atoms with Crippen LogP contribution in [0, 0.1) is 0 Å². The average molecular weight is 290 g/mol. The summed E-state index contributed by atoms with van der Waals surface area (Å²) in [5.41, 5.74) is 1.20. The molecule has 0 spiro atoms. The number of carbonyl (C=O) groups excluding carboxylic acids is 2. The molecule has 5 heteroatoms. The highest BCUT2D eigenvalue weighted by molar-refractivity contribution is 6.01. The first kappa shape index (κ1) is 16.9. The number of carbonyl (C=O) groups is 2. The van der Waals surface area contributed by atoms with Gasteiger partial charge in [0.15, 0.2) is 0 Å². The molecule has 1 rings (SSSR count). The number of likely N-dealkylation sites (N-methyl/N-ethyl adjacent to an activating group) is 1. The Labute approximate surface area is 125 Å². The van der Waals surface area contributed by atoms with E-state index >= 15 is 0 Å². The van der Waals surface area contributed by atoms with Crippen LogP contribution in [-0.2, 0) is 9.53 Å².